The fraction of sp³-hybridized carbons (Fsp3) is 0.303. The normalized spacial score (nSPS) is 15.3. The Morgan fingerprint density at radius 1 is 1.07 bits per heavy atom. The maximum Gasteiger partial charge on any atom is 0.259 e. The molecule has 8 nitrogen and oxygen atoms in total. The molecular formula is C33H36BrN5O3. The highest BCUT2D eigenvalue weighted by Crippen LogP contribution is 2.38. The quantitative estimate of drug-likeness (QED) is 0.228. The number of para-hydroxylation sites is 2. The van der Waals surface area contributed by atoms with Crippen LogP contribution in [0.2, 0.25) is 0 Å². The second-order valence-electron chi connectivity index (χ2n) is 11.5. The van der Waals surface area contributed by atoms with E-state index >= 15 is 0 Å². The number of H-pyrrole nitrogens is 1. The second-order valence-corrected chi connectivity index (χ2v) is 12.3. The molecule has 4 N–H and O–H groups in total. The monoisotopic (exact) mass is 629 g/mol. The number of nitrogens with one attached hydrogen (secondary N) is 2. The minimum Gasteiger partial charge on any atom is -0.344 e. The summed E-state index contributed by atoms with van der Waals surface area (Å²) in [5.41, 5.74) is 9.80. The van der Waals surface area contributed by atoms with Crippen molar-refractivity contribution in [2.24, 2.45) is 5.73 Å². The zero-order valence-electron chi connectivity index (χ0n) is 24.3. The highest BCUT2D eigenvalue weighted by Gasteiger charge is 2.34. The van der Waals surface area contributed by atoms with Gasteiger partial charge in [0.05, 0.1) is 15.8 Å². The van der Waals surface area contributed by atoms with Gasteiger partial charge in [-0.2, -0.15) is 0 Å². The fourth-order valence-corrected chi connectivity index (χ4v) is 6.26. The number of hydrogen-bond donors (Lipinski definition) is 3. The molecule has 2 heterocycles. The van der Waals surface area contributed by atoms with Crippen LogP contribution in [0.4, 0.5) is 17.2 Å². The van der Waals surface area contributed by atoms with Gasteiger partial charge < -0.3 is 16.0 Å². The third-order valence-electron chi connectivity index (χ3n) is 7.64. The Labute approximate surface area is 254 Å². The third-order valence-corrected chi connectivity index (χ3v) is 8.44. The van der Waals surface area contributed by atoms with Gasteiger partial charge >= 0.3 is 0 Å². The lowest BCUT2D eigenvalue weighted by Gasteiger charge is -2.29. The molecule has 3 amide bonds. The van der Waals surface area contributed by atoms with Crippen LogP contribution in [0.25, 0.3) is 10.9 Å². The molecule has 1 aliphatic heterocycles. The van der Waals surface area contributed by atoms with Gasteiger partial charge in [0, 0.05) is 35.0 Å². The standard InChI is InChI=1S/C33H36BrN5O3/c1-5-38(30-29(34)23-12-7-8-14-24(23)37-30)31(41)22-13-10-16-26(20(22)2)39-27-15-9-6-11-21(27)17-18-25(32(39)42)36-28(40)19-33(3,4)35/h6-16,25,37H,5,17-19,35H2,1-4H3,(H,36,40). The summed E-state index contributed by atoms with van der Waals surface area (Å²) in [6.07, 6.45) is 1.17. The molecule has 218 valence electrons. The topological polar surface area (TPSA) is 112 Å². The number of hydrogen-bond acceptors (Lipinski definition) is 4. The van der Waals surface area contributed by atoms with Crippen LogP contribution in [-0.2, 0) is 16.0 Å². The van der Waals surface area contributed by atoms with Gasteiger partial charge in [0.25, 0.3) is 11.8 Å². The van der Waals surface area contributed by atoms with E-state index in [2.05, 4.69) is 26.2 Å². The number of aryl methyl sites for hydroxylation is 1. The van der Waals surface area contributed by atoms with E-state index in [1.54, 1.807) is 35.8 Å². The van der Waals surface area contributed by atoms with Gasteiger partial charge in [-0.15, -0.1) is 0 Å². The molecule has 42 heavy (non-hydrogen) atoms. The largest absolute Gasteiger partial charge is 0.344 e. The fourth-order valence-electron chi connectivity index (χ4n) is 5.61. The van der Waals surface area contributed by atoms with Crippen LogP contribution in [0.3, 0.4) is 0 Å². The summed E-state index contributed by atoms with van der Waals surface area (Å²) in [4.78, 5) is 47.8. The summed E-state index contributed by atoms with van der Waals surface area (Å²) >= 11 is 3.69. The van der Waals surface area contributed by atoms with Crippen LogP contribution in [0.1, 0.15) is 55.1 Å². The van der Waals surface area contributed by atoms with Gasteiger partial charge in [-0.3, -0.25) is 24.2 Å². The molecule has 1 unspecified atom stereocenters. The van der Waals surface area contributed by atoms with Crippen LogP contribution >= 0.6 is 15.9 Å². The maximum absolute atomic E-state index is 14.2. The number of benzene rings is 3. The summed E-state index contributed by atoms with van der Waals surface area (Å²) in [7, 11) is 0. The minimum absolute atomic E-state index is 0.100. The molecule has 0 bridgehead atoms. The van der Waals surface area contributed by atoms with E-state index < -0.39 is 11.6 Å². The van der Waals surface area contributed by atoms with Crippen molar-refractivity contribution in [1.82, 2.24) is 10.3 Å². The van der Waals surface area contributed by atoms with Crippen molar-refractivity contribution in [3.05, 3.63) is 87.9 Å². The lowest BCUT2D eigenvalue weighted by atomic mass is 10.0. The third kappa shape index (κ3) is 5.71. The first-order valence-electron chi connectivity index (χ1n) is 14.2. The first-order chi connectivity index (χ1) is 20.0. The van der Waals surface area contributed by atoms with E-state index in [4.69, 9.17) is 5.73 Å². The van der Waals surface area contributed by atoms with Crippen LogP contribution in [-0.4, -0.2) is 40.8 Å². The van der Waals surface area contributed by atoms with Gasteiger partial charge in [-0.25, -0.2) is 0 Å². The average molecular weight is 631 g/mol. The van der Waals surface area contributed by atoms with Crippen LogP contribution in [0.15, 0.2) is 71.2 Å². The maximum atomic E-state index is 14.2. The van der Waals surface area contributed by atoms with E-state index in [1.165, 1.54) is 0 Å². The molecule has 9 heteroatoms. The molecule has 0 aliphatic carbocycles. The van der Waals surface area contributed by atoms with E-state index in [9.17, 15) is 14.4 Å². The van der Waals surface area contributed by atoms with Crippen molar-refractivity contribution in [3.63, 3.8) is 0 Å². The number of aromatic amines is 1. The highest BCUT2D eigenvalue weighted by atomic mass is 79.9. The highest BCUT2D eigenvalue weighted by molar-refractivity contribution is 9.10. The Kier molecular flexibility index (Phi) is 8.25. The Morgan fingerprint density at radius 3 is 2.48 bits per heavy atom. The van der Waals surface area contributed by atoms with E-state index in [1.807, 2.05) is 68.4 Å². The van der Waals surface area contributed by atoms with Gasteiger partial charge in [0.2, 0.25) is 5.91 Å². The molecular weight excluding hydrogens is 594 g/mol. The molecule has 4 aromatic rings. The summed E-state index contributed by atoms with van der Waals surface area (Å²) in [6.45, 7) is 7.79. The van der Waals surface area contributed by atoms with Crippen LogP contribution in [0, 0.1) is 6.92 Å². The van der Waals surface area contributed by atoms with Crippen LogP contribution < -0.4 is 20.9 Å². The number of rotatable bonds is 7. The first-order valence-corrected chi connectivity index (χ1v) is 15.0. The lowest BCUT2D eigenvalue weighted by molar-refractivity contribution is -0.127. The van der Waals surface area contributed by atoms with Crippen LogP contribution in [0.5, 0.6) is 0 Å². The smallest absolute Gasteiger partial charge is 0.259 e. The number of nitrogens with two attached hydrogens (primary N) is 1. The summed E-state index contributed by atoms with van der Waals surface area (Å²) in [5.74, 6) is -0.0264. The van der Waals surface area contributed by atoms with E-state index in [0.29, 0.717) is 42.0 Å². The number of aromatic nitrogens is 1. The molecule has 0 fully saturated rings. The summed E-state index contributed by atoms with van der Waals surface area (Å²) in [5, 5.41) is 3.92. The van der Waals surface area contributed by atoms with Crippen molar-refractivity contribution in [2.45, 2.75) is 58.5 Å². The van der Waals surface area contributed by atoms with Crippen molar-refractivity contribution in [3.8, 4) is 0 Å². The molecule has 0 saturated carbocycles. The van der Waals surface area contributed by atoms with Gasteiger partial charge in [-0.05, 0) is 91.9 Å². The molecule has 1 aliphatic rings. The Balaban J connectivity index is 1.54. The number of carbonyl (C=O) groups is 3. The van der Waals surface area contributed by atoms with Gasteiger partial charge in [0.15, 0.2) is 0 Å². The zero-order valence-corrected chi connectivity index (χ0v) is 25.9. The Bertz CT molecular complexity index is 1670. The van der Waals surface area contributed by atoms with Gasteiger partial charge in [-0.1, -0.05) is 42.5 Å². The molecule has 3 aromatic carbocycles. The summed E-state index contributed by atoms with van der Waals surface area (Å²) < 4.78 is 0.818. The van der Waals surface area contributed by atoms with Crippen molar-refractivity contribution in [2.75, 3.05) is 16.3 Å². The van der Waals surface area contributed by atoms with Crippen molar-refractivity contribution >= 4 is 61.7 Å². The molecule has 5 rings (SSSR count). The molecule has 1 atom stereocenters. The minimum atomic E-state index is -0.736. The molecule has 0 spiro atoms. The molecule has 1 aromatic heterocycles. The number of fused-ring (bicyclic) bond motifs is 2. The summed E-state index contributed by atoms with van der Waals surface area (Å²) in [6, 6.07) is 20.3. The SMILES string of the molecule is CCN(C(=O)c1cccc(N2C(=O)C(NC(=O)CC(C)(C)N)CCc3ccccc32)c1C)c1[nH]c2ccccc2c1Br. The molecule has 0 radical (unpaired) electrons. The van der Waals surface area contributed by atoms with E-state index in [0.717, 1.165) is 26.6 Å². The second kappa shape index (κ2) is 11.7. The zero-order chi connectivity index (χ0) is 30.2. The number of nitrogens with zero attached hydrogens (tertiary/aromatic N) is 2. The molecule has 0 saturated heterocycles. The number of anilines is 3. The number of halogens is 1. The van der Waals surface area contributed by atoms with Gasteiger partial charge in [0.1, 0.15) is 11.9 Å². The number of amides is 3. The van der Waals surface area contributed by atoms with Crippen molar-refractivity contribution in [1.29, 1.82) is 0 Å². The Morgan fingerprint density at radius 2 is 1.76 bits per heavy atom. The predicted octanol–water partition coefficient (Wildman–Crippen LogP) is 6.13. The Hall–Kier alpha value is -3.95. The van der Waals surface area contributed by atoms with Crippen molar-refractivity contribution < 1.29 is 14.4 Å². The number of carbonyl (C=O) groups excluding carboxylic acids is 3. The predicted molar refractivity (Wildman–Crippen MR) is 171 cm³/mol. The van der Waals surface area contributed by atoms with E-state index in [-0.39, 0.29) is 24.1 Å². The lowest BCUT2D eigenvalue weighted by Crippen LogP contribution is -2.49. The first kappa shape index (κ1) is 29.5. The average Bonchev–Trinajstić information content (AvgIpc) is 3.20.